The summed E-state index contributed by atoms with van der Waals surface area (Å²) in [4.78, 5) is 2.66. The molecule has 190 valence electrons. The van der Waals surface area contributed by atoms with E-state index >= 15 is 0 Å². The minimum Gasteiger partial charge on any atom is -0.488 e. The molecule has 0 aromatic heterocycles. The lowest BCUT2D eigenvalue weighted by molar-refractivity contribution is 0.252. The van der Waals surface area contributed by atoms with Crippen LogP contribution in [0.1, 0.15) is 74.3 Å². The number of benzene rings is 3. The Morgan fingerprint density at radius 1 is 0.778 bits per heavy atom. The van der Waals surface area contributed by atoms with E-state index < -0.39 is 0 Å². The molecular weight excluding hydrogens is 462 g/mol. The molecule has 2 aliphatic heterocycles. The van der Waals surface area contributed by atoms with Crippen molar-refractivity contribution in [3.05, 3.63) is 106 Å². The fraction of sp³-hybridized carbons (Fsp3) is 0.394. The van der Waals surface area contributed by atoms with Crippen LogP contribution in [-0.4, -0.2) is 24.5 Å². The van der Waals surface area contributed by atoms with Crippen molar-refractivity contribution < 1.29 is 4.74 Å². The number of halogens is 1. The topological polar surface area (TPSA) is 12.5 Å². The van der Waals surface area contributed by atoms with E-state index in [1.54, 1.807) is 5.57 Å². The molecule has 0 bridgehead atoms. The van der Waals surface area contributed by atoms with Gasteiger partial charge in [0.05, 0.1) is 0 Å². The average Bonchev–Trinajstić information content (AvgIpc) is 3.04. The van der Waals surface area contributed by atoms with E-state index in [0.717, 1.165) is 31.7 Å². The van der Waals surface area contributed by atoms with Gasteiger partial charge in [-0.05, 0) is 78.0 Å². The van der Waals surface area contributed by atoms with E-state index in [1.165, 1.54) is 59.2 Å². The summed E-state index contributed by atoms with van der Waals surface area (Å²) in [6, 6.07) is 26.6. The Morgan fingerprint density at radius 3 is 2.17 bits per heavy atom. The van der Waals surface area contributed by atoms with Crippen LogP contribution in [0.4, 0.5) is 0 Å². The summed E-state index contributed by atoms with van der Waals surface area (Å²) >= 11 is 0. The van der Waals surface area contributed by atoms with Crippen molar-refractivity contribution >= 4 is 18.0 Å². The predicted octanol–water partition coefficient (Wildman–Crippen LogP) is 8.22. The molecule has 0 N–H and O–H groups in total. The molecule has 0 atom stereocenters. The van der Waals surface area contributed by atoms with Crippen LogP contribution < -0.4 is 4.74 Å². The van der Waals surface area contributed by atoms with Crippen LogP contribution in [-0.2, 0) is 18.4 Å². The van der Waals surface area contributed by atoms with Gasteiger partial charge in [-0.1, -0.05) is 93.1 Å². The number of rotatable bonds is 5. The Kier molecular flexibility index (Phi) is 8.59. The van der Waals surface area contributed by atoms with Gasteiger partial charge < -0.3 is 9.64 Å². The highest BCUT2D eigenvalue weighted by Gasteiger charge is 2.24. The fourth-order valence-electron chi connectivity index (χ4n) is 5.50. The molecule has 0 spiro atoms. The van der Waals surface area contributed by atoms with Gasteiger partial charge in [0.1, 0.15) is 12.4 Å². The van der Waals surface area contributed by atoms with Gasteiger partial charge in [0, 0.05) is 18.7 Å². The molecule has 0 amide bonds. The molecule has 3 aromatic rings. The van der Waals surface area contributed by atoms with Crippen LogP contribution in [0.15, 0.2) is 78.4 Å². The number of fused-ring (bicyclic) bond motifs is 2. The van der Waals surface area contributed by atoms with E-state index in [2.05, 4.69) is 98.5 Å². The third-order valence-electron chi connectivity index (χ3n) is 7.65. The van der Waals surface area contributed by atoms with Crippen molar-refractivity contribution in [2.75, 3.05) is 19.6 Å². The molecule has 1 saturated heterocycles. The number of nitrogens with zero attached hydrogens (tertiary/aromatic N) is 1. The Hall–Kier alpha value is -2.55. The largest absolute Gasteiger partial charge is 0.488 e. The fourth-order valence-corrected chi connectivity index (χ4v) is 5.50. The summed E-state index contributed by atoms with van der Waals surface area (Å²) in [5, 5.41) is 0. The highest BCUT2D eigenvalue weighted by Crippen LogP contribution is 2.40. The molecule has 5 rings (SSSR count). The molecule has 1 fully saturated rings. The quantitative estimate of drug-likeness (QED) is 0.326. The first-order chi connectivity index (χ1) is 17.0. The van der Waals surface area contributed by atoms with E-state index in [1.807, 2.05) is 0 Å². The van der Waals surface area contributed by atoms with Crippen molar-refractivity contribution in [3.63, 3.8) is 0 Å². The van der Waals surface area contributed by atoms with Crippen LogP contribution in [0.25, 0.3) is 5.57 Å². The van der Waals surface area contributed by atoms with Gasteiger partial charge in [-0.3, -0.25) is 0 Å². The average molecular weight is 502 g/mol. The first-order valence-electron chi connectivity index (χ1n) is 13.3. The third-order valence-corrected chi connectivity index (χ3v) is 7.65. The van der Waals surface area contributed by atoms with Crippen molar-refractivity contribution in [2.24, 2.45) is 0 Å². The normalized spacial score (nSPS) is 15.9. The van der Waals surface area contributed by atoms with E-state index in [-0.39, 0.29) is 17.8 Å². The van der Waals surface area contributed by atoms with Crippen molar-refractivity contribution in [1.29, 1.82) is 0 Å². The number of aryl methyl sites for hydroxylation is 1. The zero-order chi connectivity index (χ0) is 24.3. The van der Waals surface area contributed by atoms with Crippen LogP contribution in [0.2, 0.25) is 0 Å². The SMILES string of the molecule is CC(C)(C)c1ccc(CCCCN2CCC(=C3c4ccccc4COc4ccccc43)CC2)cc1.Cl. The van der Waals surface area contributed by atoms with Gasteiger partial charge in [0.25, 0.3) is 0 Å². The predicted molar refractivity (Wildman–Crippen MR) is 154 cm³/mol. The summed E-state index contributed by atoms with van der Waals surface area (Å²) in [6.45, 7) is 11.0. The van der Waals surface area contributed by atoms with Gasteiger partial charge in [-0.25, -0.2) is 0 Å². The molecule has 2 heterocycles. The summed E-state index contributed by atoms with van der Waals surface area (Å²) in [5.41, 5.74) is 10.1. The maximum Gasteiger partial charge on any atom is 0.127 e. The first kappa shape index (κ1) is 26.5. The number of para-hydroxylation sites is 1. The van der Waals surface area contributed by atoms with Gasteiger partial charge in [0.2, 0.25) is 0 Å². The Morgan fingerprint density at radius 2 is 1.44 bits per heavy atom. The first-order valence-corrected chi connectivity index (χ1v) is 13.3. The molecule has 2 nitrogen and oxygen atoms in total. The summed E-state index contributed by atoms with van der Waals surface area (Å²) in [5.74, 6) is 1.02. The van der Waals surface area contributed by atoms with Crippen molar-refractivity contribution in [3.8, 4) is 5.75 Å². The molecular formula is C33H40ClNO. The Balaban J connectivity index is 0.00000304. The van der Waals surface area contributed by atoms with Crippen molar-refractivity contribution in [1.82, 2.24) is 4.90 Å². The Bertz CT molecular complexity index is 1130. The number of piperidine rings is 1. The summed E-state index contributed by atoms with van der Waals surface area (Å²) in [6.07, 6.45) is 6.00. The molecule has 3 aromatic carbocycles. The molecule has 0 aliphatic carbocycles. The summed E-state index contributed by atoms with van der Waals surface area (Å²) < 4.78 is 6.20. The lowest BCUT2D eigenvalue weighted by atomic mass is 9.86. The van der Waals surface area contributed by atoms with Gasteiger partial charge in [-0.15, -0.1) is 12.4 Å². The number of hydrogen-bond acceptors (Lipinski definition) is 2. The lowest BCUT2D eigenvalue weighted by Crippen LogP contribution is -2.32. The Labute approximate surface area is 223 Å². The van der Waals surface area contributed by atoms with Gasteiger partial charge >= 0.3 is 0 Å². The number of unbranched alkanes of at least 4 members (excludes halogenated alkanes) is 1. The highest BCUT2D eigenvalue weighted by molar-refractivity contribution is 5.87. The zero-order valence-corrected chi connectivity index (χ0v) is 22.9. The maximum absolute atomic E-state index is 6.20. The van der Waals surface area contributed by atoms with E-state index in [4.69, 9.17) is 4.74 Å². The van der Waals surface area contributed by atoms with Gasteiger partial charge in [-0.2, -0.15) is 0 Å². The van der Waals surface area contributed by atoms with Crippen LogP contribution >= 0.6 is 12.4 Å². The minimum absolute atomic E-state index is 0. The zero-order valence-electron chi connectivity index (χ0n) is 22.1. The molecule has 3 heteroatoms. The van der Waals surface area contributed by atoms with E-state index in [9.17, 15) is 0 Å². The highest BCUT2D eigenvalue weighted by atomic mass is 35.5. The lowest BCUT2D eigenvalue weighted by Gasteiger charge is -2.30. The second kappa shape index (κ2) is 11.7. The van der Waals surface area contributed by atoms with Gasteiger partial charge in [0.15, 0.2) is 0 Å². The maximum atomic E-state index is 6.20. The number of likely N-dealkylation sites (tertiary alicyclic amines) is 1. The summed E-state index contributed by atoms with van der Waals surface area (Å²) in [7, 11) is 0. The smallest absolute Gasteiger partial charge is 0.127 e. The number of hydrogen-bond donors (Lipinski definition) is 0. The number of ether oxygens (including phenoxy) is 1. The van der Waals surface area contributed by atoms with Crippen LogP contribution in [0.5, 0.6) is 5.75 Å². The second-order valence-corrected chi connectivity index (χ2v) is 11.2. The molecule has 36 heavy (non-hydrogen) atoms. The van der Waals surface area contributed by atoms with E-state index in [0.29, 0.717) is 6.61 Å². The molecule has 0 saturated carbocycles. The minimum atomic E-state index is 0. The van der Waals surface area contributed by atoms with Crippen molar-refractivity contribution in [2.45, 2.75) is 64.9 Å². The standard InChI is InChI=1S/C33H39NO.ClH/c1-33(2,3)28-17-15-25(16-18-28)10-8-9-21-34-22-19-26(20-23-34)32-29-12-5-4-11-27(29)24-35-31-14-7-6-13-30(31)32;/h4-7,11-18H,8-10,19-24H2,1-3H3;1H. The van der Waals surface area contributed by atoms with Crippen LogP contribution in [0.3, 0.4) is 0 Å². The molecule has 0 unspecified atom stereocenters. The van der Waals surface area contributed by atoms with Crippen LogP contribution in [0, 0.1) is 0 Å². The monoisotopic (exact) mass is 501 g/mol. The second-order valence-electron chi connectivity index (χ2n) is 11.2. The molecule has 0 radical (unpaired) electrons. The third kappa shape index (κ3) is 6.05. The molecule has 2 aliphatic rings.